The summed E-state index contributed by atoms with van der Waals surface area (Å²) < 4.78 is 20.3. The molecule has 0 radical (unpaired) electrons. The molecule has 0 spiro atoms. The molecule has 2 aliphatic heterocycles. The first-order valence-corrected chi connectivity index (χ1v) is 17.3. The maximum atomic E-state index is 6.89. The quantitative estimate of drug-likeness (QED) is 0.177. The molecule has 0 saturated heterocycles. The molecule has 0 aliphatic carbocycles. The van der Waals surface area contributed by atoms with E-state index in [1.807, 2.05) is 24.3 Å². The fourth-order valence-electron chi connectivity index (χ4n) is 8.18. The third kappa shape index (κ3) is 4.22. The minimum absolute atomic E-state index is 0.0797. The molecule has 51 heavy (non-hydrogen) atoms. The van der Waals surface area contributed by atoms with Gasteiger partial charge in [-0.15, -0.1) is 0 Å². The summed E-state index contributed by atoms with van der Waals surface area (Å²) in [5, 5.41) is 4.38. The Kier molecular flexibility index (Phi) is 6.01. The van der Waals surface area contributed by atoms with Crippen molar-refractivity contribution in [1.29, 1.82) is 0 Å². The van der Waals surface area contributed by atoms with Crippen molar-refractivity contribution in [1.82, 2.24) is 0 Å². The van der Waals surface area contributed by atoms with Crippen molar-refractivity contribution < 1.29 is 13.9 Å². The van der Waals surface area contributed by atoms with E-state index in [2.05, 4.69) is 150 Å². The van der Waals surface area contributed by atoms with Crippen LogP contribution in [0.15, 0.2) is 174 Å². The summed E-state index contributed by atoms with van der Waals surface area (Å²) >= 11 is 0. The van der Waals surface area contributed by atoms with Gasteiger partial charge in [-0.25, -0.2) is 0 Å². The Morgan fingerprint density at radius 1 is 0.451 bits per heavy atom. The molecule has 0 saturated carbocycles. The van der Waals surface area contributed by atoms with E-state index >= 15 is 0 Å². The minimum atomic E-state index is -0.0797. The average molecular weight is 654 g/mol. The van der Waals surface area contributed by atoms with Crippen LogP contribution in [0.2, 0.25) is 0 Å². The molecule has 0 fully saturated rings. The predicted octanol–water partition coefficient (Wildman–Crippen LogP) is 10.6. The number of benzene rings is 8. The van der Waals surface area contributed by atoms with Gasteiger partial charge in [0, 0.05) is 44.6 Å². The Bertz CT molecular complexity index is 2770. The highest BCUT2D eigenvalue weighted by Gasteiger charge is 2.41. The summed E-state index contributed by atoms with van der Waals surface area (Å²) in [6.07, 6.45) is 0. The van der Waals surface area contributed by atoms with Gasteiger partial charge in [0.1, 0.15) is 34.2 Å². The highest BCUT2D eigenvalue weighted by molar-refractivity contribution is 6.98. The molecule has 0 bridgehead atoms. The molecule has 0 unspecified atom stereocenters. The Hall–Kier alpha value is -6.72. The number of fused-ring (bicyclic) bond motifs is 9. The van der Waals surface area contributed by atoms with Crippen LogP contribution in [0.4, 0.5) is 17.1 Å². The second-order valence-electron chi connectivity index (χ2n) is 13.2. The molecule has 9 aromatic rings. The van der Waals surface area contributed by atoms with Crippen LogP contribution in [0.25, 0.3) is 43.8 Å². The fraction of sp³-hybridized carbons (Fsp3) is 0. The highest BCUT2D eigenvalue weighted by atomic mass is 16.5. The summed E-state index contributed by atoms with van der Waals surface area (Å²) in [6, 6.07) is 59.2. The molecular weight excluding hydrogens is 625 g/mol. The maximum Gasteiger partial charge on any atom is 0.260 e. The van der Waals surface area contributed by atoms with Gasteiger partial charge in [0.05, 0.1) is 5.69 Å². The summed E-state index contributed by atoms with van der Waals surface area (Å²) in [5.74, 6) is 3.36. The van der Waals surface area contributed by atoms with Gasteiger partial charge in [-0.2, -0.15) is 0 Å². The van der Waals surface area contributed by atoms with Crippen LogP contribution in [0.5, 0.6) is 23.0 Å². The number of anilines is 3. The van der Waals surface area contributed by atoms with Crippen molar-refractivity contribution in [3.05, 3.63) is 170 Å². The largest absolute Gasteiger partial charge is 0.458 e. The van der Waals surface area contributed by atoms with Gasteiger partial charge in [0.15, 0.2) is 0 Å². The minimum Gasteiger partial charge on any atom is -0.458 e. The molecule has 0 atom stereocenters. The van der Waals surface area contributed by atoms with Gasteiger partial charge < -0.3 is 18.8 Å². The Labute approximate surface area is 294 Å². The number of para-hydroxylation sites is 3. The first-order chi connectivity index (χ1) is 25.3. The SMILES string of the molecule is c1ccc(-c2cccc3c2Oc2cccc4c2B3c2cc3oc5cc(N(c6ccccc6)c6ccccc6)c6ccccc6c5c3cc2O4)cc1. The van der Waals surface area contributed by atoms with E-state index < -0.39 is 0 Å². The van der Waals surface area contributed by atoms with E-state index in [1.54, 1.807) is 0 Å². The molecule has 8 aromatic carbocycles. The molecule has 238 valence electrons. The number of ether oxygens (including phenoxy) is 2. The molecule has 0 N–H and O–H groups in total. The topological polar surface area (TPSA) is 34.8 Å². The molecule has 0 amide bonds. The molecular formula is C46H28BNO3. The third-order valence-electron chi connectivity index (χ3n) is 10.4. The van der Waals surface area contributed by atoms with E-state index in [1.165, 1.54) is 0 Å². The lowest BCUT2D eigenvalue weighted by Crippen LogP contribution is -2.57. The molecule has 2 aliphatic rings. The van der Waals surface area contributed by atoms with E-state index in [0.717, 1.165) is 100 Å². The van der Waals surface area contributed by atoms with Crippen LogP contribution in [-0.4, -0.2) is 6.71 Å². The van der Waals surface area contributed by atoms with Crippen LogP contribution in [0.1, 0.15) is 0 Å². The van der Waals surface area contributed by atoms with Crippen LogP contribution < -0.4 is 30.8 Å². The highest BCUT2D eigenvalue weighted by Crippen LogP contribution is 2.46. The third-order valence-corrected chi connectivity index (χ3v) is 10.4. The molecule has 1 aromatic heterocycles. The van der Waals surface area contributed by atoms with Gasteiger partial charge in [-0.3, -0.25) is 0 Å². The van der Waals surface area contributed by atoms with Crippen molar-refractivity contribution >= 4 is 72.9 Å². The fourth-order valence-corrected chi connectivity index (χ4v) is 8.18. The number of hydrogen-bond donors (Lipinski definition) is 0. The standard InChI is InChI=1S/C46H28BNO3/c1-4-14-29(15-5-1)32-22-12-23-36-46(32)51-40-25-13-24-39-45(40)47(36)37-27-41-35(26-42(37)49-39)44-34-21-11-10-20-33(34)38(28-43(44)50-41)48(30-16-6-2-7-17-30)31-18-8-3-9-19-31/h1-28H. The van der Waals surface area contributed by atoms with Crippen molar-refractivity contribution in [3.63, 3.8) is 0 Å². The normalized spacial score (nSPS) is 12.6. The Morgan fingerprint density at radius 2 is 1.10 bits per heavy atom. The Balaban J connectivity index is 1.16. The zero-order valence-electron chi connectivity index (χ0n) is 27.4. The van der Waals surface area contributed by atoms with Crippen molar-refractivity contribution in [2.45, 2.75) is 0 Å². The first-order valence-electron chi connectivity index (χ1n) is 17.3. The summed E-state index contributed by atoms with van der Waals surface area (Å²) in [7, 11) is 0. The summed E-state index contributed by atoms with van der Waals surface area (Å²) in [4.78, 5) is 2.31. The zero-order valence-corrected chi connectivity index (χ0v) is 27.4. The predicted molar refractivity (Wildman–Crippen MR) is 209 cm³/mol. The molecule has 3 heterocycles. The monoisotopic (exact) mass is 653 g/mol. The second-order valence-corrected chi connectivity index (χ2v) is 13.2. The van der Waals surface area contributed by atoms with Gasteiger partial charge >= 0.3 is 0 Å². The van der Waals surface area contributed by atoms with Crippen molar-refractivity contribution in [3.8, 4) is 34.1 Å². The summed E-state index contributed by atoms with van der Waals surface area (Å²) in [6.45, 7) is -0.0797. The van der Waals surface area contributed by atoms with E-state index in [-0.39, 0.29) is 6.71 Å². The van der Waals surface area contributed by atoms with Gasteiger partial charge in [0.2, 0.25) is 0 Å². The average Bonchev–Trinajstić information content (AvgIpc) is 3.55. The number of hydrogen-bond acceptors (Lipinski definition) is 4. The van der Waals surface area contributed by atoms with Crippen molar-refractivity contribution in [2.24, 2.45) is 0 Å². The van der Waals surface area contributed by atoms with Crippen LogP contribution >= 0.6 is 0 Å². The molecule has 5 heteroatoms. The van der Waals surface area contributed by atoms with Gasteiger partial charge in [-0.1, -0.05) is 115 Å². The van der Waals surface area contributed by atoms with E-state index in [9.17, 15) is 0 Å². The van der Waals surface area contributed by atoms with E-state index in [4.69, 9.17) is 13.9 Å². The Morgan fingerprint density at radius 3 is 1.84 bits per heavy atom. The lowest BCUT2D eigenvalue weighted by molar-refractivity contribution is 0.465. The zero-order chi connectivity index (χ0) is 33.5. The number of rotatable bonds is 4. The van der Waals surface area contributed by atoms with E-state index in [0.29, 0.717) is 0 Å². The summed E-state index contributed by atoms with van der Waals surface area (Å²) in [5.41, 5.74) is 10.3. The number of nitrogens with zero attached hydrogens (tertiary/aromatic N) is 1. The molecule has 11 rings (SSSR count). The maximum absolute atomic E-state index is 6.89. The van der Waals surface area contributed by atoms with Crippen LogP contribution in [0, 0.1) is 0 Å². The van der Waals surface area contributed by atoms with Crippen molar-refractivity contribution in [2.75, 3.05) is 4.90 Å². The lowest BCUT2D eigenvalue weighted by atomic mass is 9.34. The van der Waals surface area contributed by atoms with Gasteiger partial charge in [-0.05, 0) is 70.4 Å². The molecule has 4 nitrogen and oxygen atoms in total. The first kappa shape index (κ1) is 28.2. The van der Waals surface area contributed by atoms with Crippen LogP contribution in [-0.2, 0) is 0 Å². The second kappa shape index (κ2) is 10.9. The smallest absolute Gasteiger partial charge is 0.260 e. The number of furan rings is 1. The van der Waals surface area contributed by atoms with Crippen LogP contribution in [0.3, 0.4) is 0 Å². The lowest BCUT2D eigenvalue weighted by Gasteiger charge is -2.33. The van der Waals surface area contributed by atoms with Gasteiger partial charge in [0.25, 0.3) is 6.71 Å².